The van der Waals surface area contributed by atoms with E-state index < -0.39 is 6.10 Å². The van der Waals surface area contributed by atoms with Gasteiger partial charge in [0.15, 0.2) is 0 Å². The zero-order chi connectivity index (χ0) is 13.9. The average Bonchev–Trinajstić information content (AvgIpc) is 3.01. The molecule has 3 aliphatic carbocycles. The molecule has 0 aromatic carbocycles. The van der Waals surface area contributed by atoms with Crippen molar-refractivity contribution in [3.63, 3.8) is 0 Å². The summed E-state index contributed by atoms with van der Waals surface area (Å²) in [5.74, 6) is 3.09. The summed E-state index contributed by atoms with van der Waals surface area (Å²) in [5, 5.41) is 12.6. The highest BCUT2D eigenvalue weighted by molar-refractivity contribution is 5.76. The number of rotatable bonds is 8. The highest BCUT2D eigenvalue weighted by atomic mass is 16.5. The molecule has 3 aliphatic rings. The van der Waals surface area contributed by atoms with Gasteiger partial charge in [-0.15, -0.1) is 0 Å². The molecule has 2 N–H and O–H groups in total. The van der Waals surface area contributed by atoms with E-state index >= 15 is 0 Å². The zero-order valence-electron chi connectivity index (χ0n) is 12.2. The molecule has 2 bridgehead atoms. The van der Waals surface area contributed by atoms with Crippen molar-refractivity contribution in [2.75, 3.05) is 19.8 Å². The van der Waals surface area contributed by atoms with E-state index in [0.717, 1.165) is 24.4 Å². The predicted molar refractivity (Wildman–Crippen MR) is 76.1 cm³/mol. The van der Waals surface area contributed by atoms with E-state index in [0.29, 0.717) is 25.5 Å². The Kier molecular flexibility index (Phi) is 4.61. The lowest BCUT2D eigenvalue weighted by Crippen LogP contribution is -2.36. The van der Waals surface area contributed by atoms with Crippen molar-refractivity contribution in [1.82, 2.24) is 5.32 Å². The number of aliphatic hydroxyl groups is 1. The van der Waals surface area contributed by atoms with E-state index in [1.165, 1.54) is 38.5 Å². The molecule has 0 aromatic heterocycles. The first-order valence-corrected chi connectivity index (χ1v) is 8.23. The zero-order valence-corrected chi connectivity index (χ0v) is 12.2. The van der Waals surface area contributed by atoms with Gasteiger partial charge >= 0.3 is 0 Å². The molecule has 0 spiro atoms. The number of hydrogen-bond acceptors (Lipinski definition) is 3. The Morgan fingerprint density at radius 2 is 2.10 bits per heavy atom. The van der Waals surface area contributed by atoms with Gasteiger partial charge in [0.2, 0.25) is 5.91 Å². The van der Waals surface area contributed by atoms with Gasteiger partial charge in [-0.1, -0.05) is 6.42 Å². The largest absolute Gasteiger partial charge is 0.389 e. The van der Waals surface area contributed by atoms with E-state index in [2.05, 4.69) is 5.32 Å². The van der Waals surface area contributed by atoms with E-state index in [9.17, 15) is 9.90 Å². The summed E-state index contributed by atoms with van der Waals surface area (Å²) < 4.78 is 5.42. The number of aliphatic hydroxyl groups excluding tert-OH is 1. The number of ether oxygens (including phenoxy) is 1. The fourth-order valence-corrected chi connectivity index (χ4v) is 3.88. The van der Waals surface area contributed by atoms with Crippen molar-refractivity contribution >= 4 is 5.91 Å². The van der Waals surface area contributed by atoms with Crippen LogP contribution in [0.2, 0.25) is 0 Å². The van der Waals surface area contributed by atoms with Crippen LogP contribution in [0, 0.1) is 23.7 Å². The first-order valence-electron chi connectivity index (χ1n) is 8.23. The smallest absolute Gasteiger partial charge is 0.220 e. The Labute approximate surface area is 121 Å². The molecule has 0 aromatic rings. The standard InChI is InChI=1S/C16H27NO3/c18-15(10-20-9-11-1-2-11)8-17-16(19)7-14-6-12-3-4-13(14)5-12/h11-15,18H,1-10H2,(H,17,19). The van der Waals surface area contributed by atoms with Gasteiger partial charge in [0.25, 0.3) is 0 Å². The van der Waals surface area contributed by atoms with Gasteiger partial charge in [-0.05, 0) is 55.8 Å². The number of nitrogens with one attached hydrogen (secondary N) is 1. The molecular weight excluding hydrogens is 254 g/mol. The lowest BCUT2D eigenvalue weighted by molar-refractivity contribution is -0.123. The minimum absolute atomic E-state index is 0.101. The molecule has 4 heteroatoms. The van der Waals surface area contributed by atoms with E-state index in [1.807, 2.05) is 0 Å². The maximum absolute atomic E-state index is 11.9. The van der Waals surface area contributed by atoms with Crippen molar-refractivity contribution in [2.24, 2.45) is 23.7 Å². The third-order valence-corrected chi connectivity index (χ3v) is 5.23. The average molecular weight is 281 g/mol. The molecule has 0 saturated heterocycles. The number of hydrogen-bond donors (Lipinski definition) is 2. The number of carbonyl (C=O) groups is 1. The van der Waals surface area contributed by atoms with Crippen molar-refractivity contribution < 1.29 is 14.6 Å². The molecule has 4 nitrogen and oxygen atoms in total. The summed E-state index contributed by atoms with van der Waals surface area (Å²) in [4.78, 5) is 11.9. The molecule has 4 unspecified atom stereocenters. The summed E-state index contributed by atoms with van der Waals surface area (Å²) in [7, 11) is 0. The van der Waals surface area contributed by atoms with Gasteiger partial charge in [0.05, 0.1) is 12.7 Å². The van der Waals surface area contributed by atoms with Crippen LogP contribution in [0.1, 0.15) is 44.9 Å². The van der Waals surface area contributed by atoms with Crippen molar-refractivity contribution in [2.45, 2.75) is 51.0 Å². The van der Waals surface area contributed by atoms with Gasteiger partial charge in [-0.2, -0.15) is 0 Å². The molecular formula is C16H27NO3. The summed E-state index contributed by atoms with van der Waals surface area (Å²) in [6.45, 7) is 1.42. The fraction of sp³-hybridized carbons (Fsp3) is 0.938. The van der Waals surface area contributed by atoms with E-state index in [-0.39, 0.29) is 5.91 Å². The van der Waals surface area contributed by atoms with E-state index in [1.54, 1.807) is 0 Å². The van der Waals surface area contributed by atoms with Crippen LogP contribution in [-0.4, -0.2) is 36.9 Å². The van der Waals surface area contributed by atoms with Gasteiger partial charge in [-0.25, -0.2) is 0 Å². The number of fused-ring (bicyclic) bond motifs is 2. The Balaban J connectivity index is 1.26. The van der Waals surface area contributed by atoms with Crippen molar-refractivity contribution in [3.8, 4) is 0 Å². The fourth-order valence-electron chi connectivity index (χ4n) is 3.88. The maximum atomic E-state index is 11.9. The van der Waals surface area contributed by atoms with Gasteiger partial charge in [0, 0.05) is 19.6 Å². The highest BCUT2D eigenvalue weighted by Gasteiger charge is 2.40. The van der Waals surface area contributed by atoms with Gasteiger partial charge in [-0.3, -0.25) is 4.79 Å². The predicted octanol–water partition coefficient (Wildman–Crippen LogP) is 1.72. The molecule has 0 radical (unpaired) electrons. The molecule has 114 valence electrons. The first-order chi connectivity index (χ1) is 9.70. The lowest BCUT2D eigenvalue weighted by atomic mass is 9.86. The van der Waals surface area contributed by atoms with Crippen LogP contribution >= 0.6 is 0 Å². The topological polar surface area (TPSA) is 58.6 Å². The summed E-state index contributed by atoms with van der Waals surface area (Å²) in [6.07, 6.45) is 7.88. The third kappa shape index (κ3) is 3.95. The van der Waals surface area contributed by atoms with Crippen LogP contribution in [0.3, 0.4) is 0 Å². The molecule has 0 aliphatic heterocycles. The molecule has 4 atom stereocenters. The van der Waals surface area contributed by atoms with Gasteiger partial charge < -0.3 is 15.2 Å². The second kappa shape index (κ2) is 6.44. The third-order valence-electron chi connectivity index (χ3n) is 5.23. The first kappa shape index (κ1) is 14.3. The quantitative estimate of drug-likeness (QED) is 0.712. The molecule has 0 heterocycles. The summed E-state index contributed by atoms with van der Waals surface area (Å²) in [6, 6.07) is 0. The number of carbonyl (C=O) groups excluding carboxylic acids is 1. The van der Waals surface area contributed by atoms with Crippen LogP contribution < -0.4 is 5.32 Å². The van der Waals surface area contributed by atoms with Crippen molar-refractivity contribution in [3.05, 3.63) is 0 Å². The summed E-state index contributed by atoms with van der Waals surface area (Å²) >= 11 is 0. The number of amides is 1. The SMILES string of the molecule is O=C(CC1CC2CCC1C2)NCC(O)COCC1CC1. The van der Waals surface area contributed by atoms with Gasteiger partial charge in [0.1, 0.15) is 0 Å². The molecule has 20 heavy (non-hydrogen) atoms. The lowest BCUT2D eigenvalue weighted by Gasteiger charge is -2.21. The Hall–Kier alpha value is -0.610. The second-order valence-electron chi connectivity index (χ2n) is 7.08. The Bertz CT molecular complexity index is 343. The minimum atomic E-state index is -0.572. The van der Waals surface area contributed by atoms with Crippen LogP contribution in [0.25, 0.3) is 0 Å². The molecule has 3 fully saturated rings. The molecule has 1 amide bonds. The molecule has 3 rings (SSSR count). The second-order valence-corrected chi connectivity index (χ2v) is 7.08. The normalized spacial score (nSPS) is 33.4. The minimum Gasteiger partial charge on any atom is -0.389 e. The van der Waals surface area contributed by atoms with Crippen LogP contribution in [0.4, 0.5) is 0 Å². The highest BCUT2D eigenvalue weighted by Crippen LogP contribution is 2.49. The summed E-state index contributed by atoms with van der Waals surface area (Å²) in [5.41, 5.74) is 0. The van der Waals surface area contributed by atoms with Crippen LogP contribution in [0.15, 0.2) is 0 Å². The molecule has 3 saturated carbocycles. The Morgan fingerprint density at radius 1 is 1.25 bits per heavy atom. The van der Waals surface area contributed by atoms with Crippen molar-refractivity contribution in [1.29, 1.82) is 0 Å². The van der Waals surface area contributed by atoms with E-state index in [4.69, 9.17) is 4.74 Å². The Morgan fingerprint density at radius 3 is 2.75 bits per heavy atom. The monoisotopic (exact) mass is 281 g/mol. The van der Waals surface area contributed by atoms with Crippen LogP contribution in [0.5, 0.6) is 0 Å². The maximum Gasteiger partial charge on any atom is 0.220 e. The van der Waals surface area contributed by atoms with Crippen LogP contribution in [-0.2, 0) is 9.53 Å².